The van der Waals surface area contributed by atoms with Crippen LogP contribution in [0.2, 0.25) is 0 Å². The Morgan fingerprint density at radius 2 is 1.78 bits per heavy atom. The molecule has 1 amide bonds. The van der Waals surface area contributed by atoms with E-state index in [0.29, 0.717) is 0 Å². The third-order valence-electron chi connectivity index (χ3n) is 3.04. The number of hydrogen-bond donors (Lipinski definition) is 3. The molecule has 0 heterocycles. The SMILES string of the molecule is COc1ccc(B(O)O)cc1S(=O)(=O)NC(=O)c1ccccc1. The van der Waals surface area contributed by atoms with Gasteiger partial charge in [0.25, 0.3) is 15.9 Å². The number of sulfonamides is 1. The van der Waals surface area contributed by atoms with Gasteiger partial charge in [0.1, 0.15) is 10.6 Å². The fourth-order valence-corrected chi connectivity index (χ4v) is 3.07. The first-order valence-electron chi connectivity index (χ1n) is 6.51. The van der Waals surface area contributed by atoms with Crippen molar-refractivity contribution < 1.29 is 28.0 Å². The van der Waals surface area contributed by atoms with Crippen LogP contribution in [0.25, 0.3) is 0 Å². The van der Waals surface area contributed by atoms with Gasteiger partial charge in [-0.3, -0.25) is 4.79 Å². The second-order valence-electron chi connectivity index (χ2n) is 4.58. The van der Waals surface area contributed by atoms with Gasteiger partial charge in [-0.2, -0.15) is 0 Å². The Bertz CT molecular complexity index is 807. The highest BCUT2D eigenvalue weighted by Gasteiger charge is 2.25. The number of amides is 1. The van der Waals surface area contributed by atoms with Crippen LogP contribution in [0.5, 0.6) is 5.75 Å². The number of hydrogen-bond acceptors (Lipinski definition) is 6. The lowest BCUT2D eigenvalue weighted by Crippen LogP contribution is -2.34. The molecule has 120 valence electrons. The predicted octanol–water partition coefficient (Wildman–Crippen LogP) is -0.506. The number of rotatable bonds is 5. The van der Waals surface area contributed by atoms with Gasteiger partial charge in [0.05, 0.1) is 7.11 Å². The minimum Gasteiger partial charge on any atom is -0.495 e. The van der Waals surface area contributed by atoms with Crippen molar-refractivity contribution in [3.63, 3.8) is 0 Å². The summed E-state index contributed by atoms with van der Waals surface area (Å²) in [7, 11) is -4.83. The fourth-order valence-electron chi connectivity index (χ4n) is 1.89. The first kappa shape index (κ1) is 17.0. The van der Waals surface area contributed by atoms with Crippen LogP contribution >= 0.6 is 0 Å². The first-order valence-corrected chi connectivity index (χ1v) is 8.00. The molecular formula is C14H14BNO6S. The Hall–Kier alpha value is -2.36. The van der Waals surface area contributed by atoms with E-state index < -0.39 is 23.0 Å². The van der Waals surface area contributed by atoms with E-state index in [9.17, 15) is 13.2 Å². The van der Waals surface area contributed by atoms with Crippen LogP contribution in [-0.4, -0.2) is 38.6 Å². The van der Waals surface area contributed by atoms with Gasteiger partial charge in [-0.05, 0) is 29.7 Å². The number of ether oxygens (including phenoxy) is 1. The Balaban J connectivity index is 2.39. The van der Waals surface area contributed by atoms with E-state index in [2.05, 4.69) is 0 Å². The van der Waals surface area contributed by atoms with Crippen molar-refractivity contribution in [1.29, 1.82) is 0 Å². The van der Waals surface area contributed by atoms with Crippen molar-refractivity contribution in [3.8, 4) is 5.75 Å². The highest BCUT2D eigenvalue weighted by Crippen LogP contribution is 2.22. The lowest BCUT2D eigenvalue weighted by atomic mass is 9.80. The van der Waals surface area contributed by atoms with Crippen molar-refractivity contribution in [3.05, 3.63) is 54.1 Å². The van der Waals surface area contributed by atoms with E-state index in [4.69, 9.17) is 14.8 Å². The topological polar surface area (TPSA) is 113 Å². The monoisotopic (exact) mass is 335 g/mol. The maximum atomic E-state index is 12.4. The summed E-state index contributed by atoms with van der Waals surface area (Å²) in [6.45, 7) is 0. The molecule has 0 saturated heterocycles. The number of benzene rings is 2. The predicted molar refractivity (Wildman–Crippen MR) is 83.9 cm³/mol. The normalized spacial score (nSPS) is 10.9. The number of carbonyl (C=O) groups is 1. The van der Waals surface area contributed by atoms with Gasteiger partial charge in [0, 0.05) is 5.56 Å². The molecule has 0 aromatic heterocycles. The maximum Gasteiger partial charge on any atom is 0.488 e. The van der Waals surface area contributed by atoms with Gasteiger partial charge in [-0.25, -0.2) is 13.1 Å². The Kier molecular flexibility index (Phi) is 5.04. The summed E-state index contributed by atoms with van der Waals surface area (Å²) in [5.74, 6) is -0.828. The lowest BCUT2D eigenvalue weighted by Gasteiger charge is -2.12. The summed E-state index contributed by atoms with van der Waals surface area (Å²) in [4.78, 5) is 11.7. The molecule has 2 rings (SSSR count). The molecule has 0 atom stereocenters. The van der Waals surface area contributed by atoms with Crippen molar-refractivity contribution in [2.24, 2.45) is 0 Å². The molecule has 0 aliphatic heterocycles. The Labute approximate surface area is 133 Å². The lowest BCUT2D eigenvalue weighted by molar-refractivity contribution is 0.0981. The molecule has 23 heavy (non-hydrogen) atoms. The summed E-state index contributed by atoms with van der Waals surface area (Å²) in [5.41, 5.74) is 0.131. The summed E-state index contributed by atoms with van der Waals surface area (Å²) in [6, 6.07) is 11.4. The molecule has 0 saturated carbocycles. The van der Waals surface area contributed by atoms with Crippen LogP contribution in [0.15, 0.2) is 53.4 Å². The molecular weight excluding hydrogens is 321 g/mol. The zero-order valence-corrected chi connectivity index (χ0v) is 12.9. The molecule has 0 unspecified atom stereocenters. The fraction of sp³-hybridized carbons (Fsp3) is 0.0714. The van der Waals surface area contributed by atoms with Gasteiger partial charge < -0.3 is 14.8 Å². The van der Waals surface area contributed by atoms with E-state index in [1.54, 1.807) is 18.2 Å². The minimum absolute atomic E-state index is 0.0252. The average molecular weight is 335 g/mol. The average Bonchev–Trinajstić information content (AvgIpc) is 2.54. The van der Waals surface area contributed by atoms with E-state index in [0.717, 1.165) is 6.07 Å². The zero-order valence-electron chi connectivity index (χ0n) is 12.1. The van der Waals surface area contributed by atoms with Gasteiger partial charge in [-0.1, -0.05) is 24.3 Å². The van der Waals surface area contributed by atoms with E-state index in [1.165, 1.54) is 31.4 Å². The molecule has 0 bridgehead atoms. The molecule has 2 aromatic carbocycles. The van der Waals surface area contributed by atoms with Crippen LogP contribution in [0.4, 0.5) is 0 Å². The number of carbonyl (C=O) groups excluding carboxylic acids is 1. The van der Waals surface area contributed by atoms with Gasteiger partial charge in [-0.15, -0.1) is 0 Å². The molecule has 0 aliphatic rings. The van der Waals surface area contributed by atoms with Crippen LogP contribution < -0.4 is 14.9 Å². The largest absolute Gasteiger partial charge is 0.495 e. The summed E-state index contributed by atoms with van der Waals surface area (Å²) < 4.78 is 31.7. The van der Waals surface area contributed by atoms with Crippen molar-refractivity contribution in [2.45, 2.75) is 4.90 Å². The van der Waals surface area contributed by atoms with Gasteiger partial charge >= 0.3 is 7.12 Å². The molecule has 3 N–H and O–H groups in total. The molecule has 0 aliphatic carbocycles. The highest BCUT2D eigenvalue weighted by molar-refractivity contribution is 7.90. The summed E-state index contributed by atoms with van der Waals surface area (Å²) in [6.07, 6.45) is 0. The van der Waals surface area contributed by atoms with Crippen molar-refractivity contribution in [1.82, 2.24) is 4.72 Å². The first-order chi connectivity index (χ1) is 10.8. The summed E-state index contributed by atoms with van der Waals surface area (Å²) >= 11 is 0. The third kappa shape index (κ3) is 3.89. The standard InChI is InChI=1S/C14H14BNO6S/c1-22-12-8-7-11(15(18)19)9-13(12)23(20,21)16-14(17)10-5-3-2-4-6-10/h2-9,18-19H,1H3,(H,16,17). The quantitative estimate of drug-likeness (QED) is 0.635. The van der Waals surface area contributed by atoms with E-state index in [1.807, 2.05) is 4.72 Å². The number of methoxy groups -OCH3 is 1. The van der Waals surface area contributed by atoms with Crippen molar-refractivity contribution in [2.75, 3.05) is 7.11 Å². The number of nitrogens with one attached hydrogen (secondary N) is 1. The van der Waals surface area contributed by atoms with Gasteiger partial charge in [0.15, 0.2) is 0 Å². The Morgan fingerprint density at radius 1 is 1.13 bits per heavy atom. The smallest absolute Gasteiger partial charge is 0.488 e. The minimum atomic E-state index is -4.25. The van der Waals surface area contributed by atoms with Crippen LogP contribution in [0.3, 0.4) is 0 Å². The molecule has 2 aromatic rings. The van der Waals surface area contributed by atoms with E-state index >= 15 is 0 Å². The van der Waals surface area contributed by atoms with Crippen LogP contribution in [0.1, 0.15) is 10.4 Å². The molecule has 0 spiro atoms. The molecule has 7 nitrogen and oxygen atoms in total. The van der Waals surface area contributed by atoms with Crippen LogP contribution in [-0.2, 0) is 10.0 Å². The summed E-state index contributed by atoms with van der Waals surface area (Å²) in [5, 5.41) is 18.3. The second kappa shape index (κ2) is 6.82. The molecule has 0 radical (unpaired) electrons. The molecule has 9 heteroatoms. The highest BCUT2D eigenvalue weighted by atomic mass is 32.2. The van der Waals surface area contributed by atoms with Gasteiger partial charge in [0.2, 0.25) is 0 Å². The van der Waals surface area contributed by atoms with E-state index in [-0.39, 0.29) is 21.7 Å². The second-order valence-corrected chi connectivity index (χ2v) is 6.24. The zero-order chi connectivity index (χ0) is 17.0. The van der Waals surface area contributed by atoms with Crippen LogP contribution in [0, 0.1) is 0 Å². The third-order valence-corrected chi connectivity index (χ3v) is 4.39. The molecule has 0 fully saturated rings. The maximum absolute atomic E-state index is 12.4. The Morgan fingerprint density at radius 3 is 2.35 bits per heavy atom. The van der Waals surface area contributed by atoms with Crippen molar-refractivity contribution >= 4 is 28.5 Å².